The molecule has 3 aromatic rings. The lowest BCUT2D eigenvalue weighted by Crippen LogP contribution is -2.27. The number of benzene rings is 2. The van der Waals surface area contributed by atoms with Crippen molar-refractivity contribution < 1.29 is 19.5 Å². The normalized spacial score (nSPS) is 17.0. The van der Waals surface area contributed by atoms with Gasteiger partial charge in [0.1, 0.15) is 5.75 Å². The Balaban J connectivity index is 1.59. The van der Waals surface area contributed by atoms with Crippen molar-refractivity contribution in [3.8, 4) is 28.6 Å². The van der Waals surface area contributed by atoms with Crippen molar-refractivity contribution in [2.45, 2.75) is 53.5 Å². The number of ether oxygens (including phenoxy) is 1. The Hall–Kier alpha value is -2.64. The summed E-state index contributed by atoms with van der Waals surface area (Å²) < 4.78 is 10.9. The van der Waals surface area contributed by atoms with Crippen LogP contribution in [0.4, 0.5) is 0 Å². The molecule has 4 rings (SSSR count). The molecular weight excluding hydrogens is 403 g/mol. The molecule has 1 aliphatic rings. The Labute approximate surface area is 189 Å². The van der Waals surface area contributed by atoms with E-state index in [0.29, 0.717) is 51.7 Å². The van der Waals surface area contributed by atoms with E-state index in [0.717, 1.165) is 5.56 Å². The summed E-state index contributed by atoms with van der Waals surface area (Å²) in [4.78, 5) is 4.55. The summed E-state index contributed by atoms with van der Waals surface area (Å²) in [6.07, 6.45) is 2.37. The van der Waals surface area contributed by atoms with Crippen molar-refractivity contribution in [1.82, 2.24) is 10.1 Å². The van der Waals surface area contributed by atoms with E-state index < -0.39 is 0 Å². The third-order valence-electron chi connectivity index (χ3n) is 7.51. The van der Waals surface area contributed by atoms with Gasteiger partial charge in [-0.1, -0.05) is 75.2 Å². The van der Waals surface area contributed by atoms with Crippen LogP contribution in [0.5, 0.6) is 5.75 Å². The number of hydrogen-bond acceptors (Lipinski definition) is 6. The number of nitrogens with zero attached hydrogens (tertiary/aromatic N) is 2. The topological polar surface area (TPSA) is 88.6 Å². The van der Waals surface area contributed by atoms with Gasteiger partial charge in [0.15, 0.2) is 6.71 Å². The van der Waals surface area contributed by atoms with Crippen molar-refractivity contribution >= 4 is 12.2 Å². The first kappa shape index (κ1) is 22.6. The largest absolute Gasteiger partial charge is 0.496 e. The lowest BCUT2D eigenvalue weighted by atomic mass is 9.42. The van der Waals surface area contributed by atoms with Crippen LogP contribution in [0.2, 0.25) is 12.6 Å². The average Bonchev–Trinajstić information content (AvgIpc) is 3.35. The maximum absolute atomic E-state index is 9.67. The lowest BCUT2D eigenvalue weighted by molar-refractivity contribution is 0.177. The van der Waals surface area contributed by atoms with Gasteiger partial charge in [0.2, 0.25) is 5.82 Å². The number of aromatic nitrogens is 2. The first-order chi connectivity index (χ1) is 15.2. The van der Waals surface area contributed by atoms with Crippen molar-refractivity contribution in [1.29, 1.82) is 0 Å². The fourth-order valence-electron chi connectivity index (χ4n) is 4.78. The van der Waals surface area contributed by atoms with Gasteiger partial charge in [-0.3, -0.25) is 0 Å². The van der Waals surface area contributed by atoms with Gasteiger partial charge in [-0.2, -0.15) is 4.98 Å². The van der Waals surface area contributed by atoms with Crippen molar-refractivity contribution in [2.75, 3.05) is 7.11 Å². The Bertz CT molecular complexity index is 1060. The van der Waals surface area contributed by atoms with Crippen LogP contribution in [-0.4, -0.2) is 34.2 Å². The standard InChI is InChI=1S/C25H31BN2O4/c1-24(2)14-26(15-25(24,3)4)19-8-6-16(7-9-19)22-27-23(32-28-22)17-10-18(12-29)20(13-30)21(11-17)31-5/h6-11,29-30H,12-15H2,1-5H3. The lowest BCUT2D eigenvalue weighted by Gasteiger charge is -2.35. The molecule has 2 heterocycles. The van der Waals surface area contributed by atoms with Crippen LogP contribution in [0.25, 0.3) is 22.8 Å². The van der Waals surface area contributed by atoms with Crippen molar-refractivity contribution in [3.05, 3.63) is 47.5 Å². The Morgan fingerprint density at radius 3 is 2.19 bits per heavy atom. The molecule has 1 saturated heterocycles. The minimum Gasteiger partial charge on any atom is -0.496 e. The van der Waals surface area contributed by atoms with Crippen LogP contribution in [0.3, 0.4) is 0 Å². The third kappa shape index (κ3) is 3.95. The smallest absolute Gasteiger partial charge is 0.258 e. The zero-order valence-corrected chi connectivity index (χ0v) is 19.5. The van der Waals surface area contributed by atoms with Crippen LogP contribution in [0, 0.1) is 10.8 Å². The summed E-state index contributed by atoms with van der Waals surface area (Å²) in [6.45, 7) is 9.58. The summed E-state index contributed by atoms with van der Waals surface area (Å²) in [5.74, 6) is 1.32. The van der Waals surface area contributed by atoms with Gasteiger partial charge in [0.05, 0.1) is 20.3 Å². The number of aliphatic hydroxyl groups excluding tert-OH is 2. The fourth-order valence-corrected chi connectivity index (χ4v) is 4.78. The molecule has 0 saturated carbocycles. The molecule has 0 spiro atoms. The highest BCUT2D eigenvalue weighted by Crippen LogP contribution is 2.52. The SMILES string of the molecule is COc1cc(-c2nc(-c3ccc(B4CC(C)(C)C(C)(C)C4)cc3)no2)cc(CO)c1CO. The maximum Gasteiger partial charge on any atom is 0.258 e. The van der Waals surface area contributed by atoms with E-state index in [-0.39, 0.29) is 13.2 Å². The van der Waals surface area contributed by atoms with Gasteiger partial charge in [-0.25, -0.2) is 0 Å². The maximum atomic E-state index is 9.67. The van der Waals surface area contributed by atoms with Gasteiger partial charge in [-0.05, 0) is 28.5 Å². The second-order valence-electron chi connectivity index (χ2n) is 10.1. The molecule has 2 N–H and O–H groups in total. The van der Waals surface area contributed by atoms with Crippen LogP contribution >= 0.6 is 0 Å². The molecule has 0 atom stereocenters. The summed E-state index contributed by atoms with van der Waals surface area (Å²) >= 11 is 0. The zero-order chi connectivity index (χ0) is 23.1. The quantitative estimate of drug-likeness (QED) is 0.567. The van der Waals surface area contributed by atoms with Crippen LogP contribution in [0.15, 0.2) is 40.9 Å². The molecule has 7 heteroatoms. The van der Waals surface area contributed by atoms with E-state index in [1.165, 1.54) is 25.2 Å². The van der Waals surface area contributed by atoms with Gasteiger partial charge in [0.25, 0.3) is 5.89 Å². The zero-order valence-electron chi connectivity index (χ0n) is 19.5. The second kappa shape index (κ2) is 8.37. The molecule has 1 aromatic heterocycles. The van der Waals surface area contributed by atoms with E-state index in [1.807, 2.05) is 0 Å². The summed E-state index contributed by atoms with van der Waals surface area (Å²) in [6, 6.07) is 11.9. The Kier molecular flexibility index (Phi) is 5.90. The molecule has 1 aliphatic heterocycles. The molecule has 0 aliphatic carbocycles. The van der Waals surface area contributed by atoms with E-state index in [9.17, 15) is 10.2 Å². The number of rotatable bonds is 6. The van der Waals surface area contributed by atoms with E-state index in [2.05, 4.69) is 62.1 Å². The molecule has 0 unspecified atom stereocenters. The number of methoxy groups -OCH3 is 1. The molecule has 0 amide bonds. The Morgan fingerprint density at radius 2 is 1.62 bits per heavy atom. The van der Waals surface area contributed by atoms with Gasteiger partial charge in [0, 0.05) is 16.7 Å². The highest BCUT2D eigenvalue weighted by molar-refractivity contribution is 6.74. The van der Waals surface area contributed by atoms with E-state index in [1.54, 1.807) is 12.1 Å². The first-order valence-corrected chi connectivity index (χ1v) is 11.0. The number of aliphatic hydroxyl groups is 2. The minimum atomic E-state index is -0.226. The molecule has 2 aromatic carbocycles. The minimum absolute atomic E-state index is 0.225. The molecular formula is C25H31BN2O4. The molecule has 168 valence electrons. The average molecular weight is 434 g/mol. The predicted octanol–water partition coefficient (Wildman–Crippen LogP) is 4.16. The molecule has 32 heavy (non-hydrogen) atoms. The van der Waals surface area contributed by atoms with Gasteiger partial charge in [-0.15, -0.1) is 0 Å². The summed E-state index contributed by atoms with van der Waals surface area (Å²) in [5.41, 5.74) is 4.63. The highest BCUT2D eigenvalue weighted by Gasteiger charge is 2.47. The molecule has 1 fully saturated rings. The van der Waals surface area contributed by atoms with Crippen molar-refractivity contribution in [2.24, 2.45) is 10.8 Å². The summed E-state index contributed by atoms with van der Waals surface area (Å²) in [5, 5.41) is 23.4. The molecule has 6 nitrogen and oxygen atoms in total. The van der Waals surface area contributed by atoms with Crippen LogP contribution in [0.1, 0.15) is 38.8 Å². The monoisotopic (exact) mass is 434 g/mol. The fraction of sp³-hybridized carbons (Fsp3) is 0.440. The third-order valence-corrected chi connectivity index (χ3v) is 7.51. The number of hydrogen-bond donors (Lipinski definition) is 2. The van der Waals surface area contributed by atoms with Crippen LogP contribution in [-0.2, 0) is 13.2 Å². The van der Waals surface area contributed by atoms with E-state index in [4.69, 9.17) is 9.26 Å². The van der Waals surface area contributed by atoms with E-state index >= 15 is 0 Å². The first-order valence-electron chi connectivity index (χ1n) is 11.0. The Morgan fingerprint density at radius 1 is 0.969 bits per heavy atom. The van der Waals surface area contributed by atoms with Gasteiger partial charge >= 0.3 is 0 Å². The highest BCUT2D eigenvalue weighted by atomic mass is 16.5. The van der Waals surface area contributed by atoms with Gasteiger partial charge < -0.3 is 19.5 Å². The second-order valence-corrected chi connectivity index (χ2v) is 10.1. The van der Waals surface area contributed by atoms with Crippen LogP contribution < -0.4 is 10.2 Å². The van der Waals surface area contributed by atoms with Crippen molar-refractivity contribution in [3.63, 3.8) is 0 Å². The molecule has 0 radical (unpaired) electrons. The predicted molar refractivity (Wildman–Crippen MR) is 126 cm³/mol. The summed E-state index contributed by atoms with van der Waals surface area (Å²) in [7, 11) is 1.52. The molecule has 0 bridgehead atoms.